The van der Waals surface area contributed by atoms with Crippen LogP contribution >= 0.6 is 0 Å². The van der Waals surface area contributed by atoms with Crippen molar-refractivity contribution in [3.05, 3.63) is 29.8 Å². The Bertz CT molecular complexity index is 670. The van der Waals surface area contributed by atoms with Gasteiger partial charge in [-0.2, -0.15) is 4.31 Å². The molecule has 0 aliphatic carbocycles. The van der Waals surface area contributed by atoms with Crippen LogP contribution in [0.2, 0.25) is 0 Å². The molecule has 7 heteroatoms. The average molecular weight is 353 g/mol. The van der Waals surface area contributed by atoms with Gasteiger partial charge in [-0.25, -0.2) is 8.42 Å². The summed E-state index contributed by atoms with van der Waals surface area (Å²) >= 11 is 0. The molecule has 1 heterocycles. The van der Waals surface area contributed by atoms with Crippen molar-refractivity contribution in [3.63, 3.8) is 0 Å². The first-order valence-electron chi connectivity index (χ1n) is 8.28. The second kappa shape index (κ2) is 7.21. The number of carbonyl (C=O) groups is 1. The van der Waals surface area contributed by atoms with Crippen molar-refractivity contribution >= 4 is 15.9 Å². The van der Waals surface area contributed by atoms with Gasteiger partial charge >= 0.3 is 0 Å². The number of sulfonamides is 1. The highest BCUT2D eigenvalue weighted by Gasteiger charge is 2.28. The molecule has 1 aliphatic rings. The van der Waals surface area contributed by atoms with E-state index in [1.807, 2.05) is 20.8 Å². The summed E-state index contributed by atoms with van der Waals surface area (Å²) in [5.74, 6) is -0.206. The van der Waals surface area contributed by atoms with Crippen molar-refractivity contribution in [2.75, 3.05) is 32.7 Å². The molecule has 1 fully saturated rings. The van der Waals surface area contributed by atoms with Crippen LogP contribution in [0, 0.1) is 0 Å². The monoisotopic (exact) mass is 353 g/mol. The molecular formula is C17H27N3O3S. The first kappa shape index (κ1) is 18.9. The molecule has 1 saturated heterocycles. The fourth-order valence-electron chi connectivity index (χ4n) is 2.63. The minimum Gasteiger partial charge on any atom is -0.347 e. The van der Waals surface area contributed by atoms with Crippen LogP contribution in [0.4, 0.5) is 0 Å². The molecule has 1 aromatic rings. The smallest absolute Gasteiger partial charge is 0.251 e. The summed E-state index contributed by atoms with van der Waals surface area (Å²) in [5.41, 5.74) is 0.125. The molecule has 1 N–H and O–H groups in total. The van der Waals surface area contributed by atoms with E-state index in [9.17, 15) is 13.2 Å². The van der Waals surface area contributed by atoms with Crippen LogP contribution in [0.15, 0.2) is 29.2 Å². The molecule has 2 rings (SSSR count). The zero-order valence-corrected chi connectivity index (χ0v) is 15.7. The first-order valence-corrected chi connectivity index (χ1v) is 9.72. The lowest BCUT2D eigenvalue weighted by Crippen LogP contribution is -2.48. The van der Waals surface area contributed by atoms with Crippen LogP contribution < -0.4 is 5.32 Å². The van der Waals surface area contributed by atoms with E-state index in [4.69, 9.17) is 0 Å². The number of amides is 1. The largest absolute Gasteiger partial charge is 0.347 e. The zero-order chi connectivity index (χ0) is 18.0. The van der Waals surface area contributed by atoms with Crippen LogP contribution in [-0.4, -0.2) is 61.8 Å². The van der Waals surface area contributed by atoms with E-state index in [0.717, 1.165) is 19.6 Å². The van der Waals surface area contributed by atoms with Gasteiger partial charge in [0.15, 0.2) is 0 Å². The van der Waals surface area contributed by atoms with E-state index in [2.05, 4.69) is 17.1 Å². The van der Waals surface area contributed by atoms with Crippen molar-refractivity contribution in [2.45, 2.75) is 38.1 Å². The number of benzene rings is 1. The van der Waals surface area contributed by atoms with E-state index in [1.54, 1.807) is 12.1 Å². The van der Waals surface area contributed by atoms with E-state index in [1.165, 1.54) is 16.4 Å². The highest BCUT2D eigenvalue weighted by Crippen LogP contribution is 2.18. The lowest BCUT2D eigenvalue weighted by atomic mass is 10.1. The Kier molecular flexibility index (Phi) is 5.67. The van der Waals surface area contributed by atoms with Gasteiger partial charge in [0.2, 0.25) is 10.0 Å². The van der Waals surface area contributed by atoms with Gasteiger partial charge in [-0.1, -0.05) is 6.92 Å². The van der Waals surface area contributed by atoms with Crippen LogP contribution in [0.5, 0.6) is 0 Å². The molecule has 0 unspecified atom stereocenters. The van der Waals surface area contributed by atoms with Crippen molar-refractivity contribution in [1.29, 1.82) is 0 Å². The quantitative estimate of drug-likeness (QED) is 0.891. The predicted octanol–water partition coefficient (Wildman–Crippen LogP) is 1.54. The van der Waals surface area contributed by atoms with Crippen molar-refractivity contribution in [2.24, 2.45) is 0 Å². The summed E-state index contributed by atoms with van der Waals surface area (Å²) in [4.78, 5) is 14.6. The average Bonchev–Trinajstić information content (AvgIpc) is 2.53. The Morgan fingerprint density at radius 2 is 1.62 bits per heavy atom. The molecule has 134 valence electrons. The normalized spacial score (nSPS) is 17.7. The second-order valence-corrected chi connectivity index (χ2v) is 9.00. The SMILES string of the molecule is CCN1CCN(S(=O)(=O)c2ccc(C(=O)NC(C)(C)C)cc2)CC1. The lowest BCUT2D eigenvalue weighted by molar-refractivity contribution is 0.0919. The maximum atomic E-state index is 12.7. The highest BCUT2D eigenvalue weighted by atomic mass is 32.2. The van der Waals surface area contributed by atoms with Crippen LogP contribution in [0.25, 0.3) is 0 Å². The Balaban J connectivity index is 2.11. The van der Waals surface area contributed by atoms with E-state index in [0.29, 0.717) is 18.7 Å². The minimum atomic E-state index is -3.50. The summed E-state index contributed by atoms with van der Waals surface area (Å²) in [5, 5.41) is 2.86. The molecule has 24 heavy (non-hydrogen) atoms. The number of carbonyl (C=O) groups excluding carboxylic acids is 1. The minimum absolute atomic E-state index is 0.206. The van der Waals surface area contributed by atoms with Gasteiger partial charge in [0.25, 0.3) is 5.91 Å². The third kappa shape index (κ3) is 4.55. The zero-order valence-electron chi connectivity index (χ0n) is 14.9. The van der Waals surface area contributed by atoms with Crippen LogP contribution in [-0.2, 0) is 10.0 Å². The Labute approximate surface area is 144 Å². The third-order valence-corrected chi connectivity index (χ3v) is 5.93. The second-order valence-electron chi connectivity index (χ2n) is 7.07. The van der Waals surface area contributed by atoms with Gasteiger partial charge in [-0.3, -0.25) is 4.79 Å². The van der Waals surface area contributed by atoms with Gasteiger partial charge in [0.1, 0.15) is 0 Å². The summed E-state index contributed by atoms with van der Waals surface area (Å²) < 4.78 is 26.9. The topological polar surface area (TPSA) is 69.7 Å². The summed E-state index contributed by atoms with van der Waals surface area (Å²) in [6, 6.07) is 6.16. The number of likely N-dealkylation sites (N-methyl/N-ethyl adjacent to an activating group) is 1. The number of nitrogens with one attached hydrogen (secondary N) is 1. The molecule has 1 aromatic carbocycles. The van der Waals surface area contributed by atoms with Gasteiger partial charge < -0.3 is 10.2 Å². The molecule has 0 radical (unpaired) electrons. The fraction of sp³-hybridized carbons (Fsp3) is 0.588. The number of nitrogens with zero attached hydrogens (tertiary/aromatic N) is 2. The fourth-order valence-corrected chi connectivity index (χ4v) is 4.05. The number of hydrogen-bond acceptors (Lipinski definition) is 4. The van der Waals surface area contributed by atoms with Gasteiger partial charge in [0, 0.05) is 37.3 Å². The molecule has 6 nitrogen and oxygen atoms in total. The van der Waals surface area contributed by atoms with Crippen molar-refractivity contribution in [3.8, 4) is 0 Å². The van der Waals surface area contributed by atoms with Gasteiger partial charge in [-0.15, -0.1) is 0 Å². The Morgan fingerprint density at radius 3 is 2.08 bits per heavy atom. The number of hydrogen-bond donors (Lipinski definition) is 1. The maximum Gasteiger partial charge on any atom is 0.251 e. The van der Waals surface area contributed by atoms with E-state index < -0.39 is 10.0 Å². The third-order valence-electron chi connectivity index (χ3n) is 4.02. The Hall–Kier alpha value is -1.44. The van der Waals surface area contributed by atoms with Crippen LogP contribution in [0.3, 0.4) is 0 Å². The molecule has 1 amide bonds. The molecule has 0 aromatic heterocycles. The van der Waals surface area contributed by atoms with E-state index >= 15 is 0 Å². The van der Waals surface area contributed by atoms with Gasteiger partial charge in [-0.05, 0) is 51.6 Å². The van der Waals surface area contributed by atoms with E-state index in [-0.39, 0.29) is 16.3 Å². The molecule has 0 bridgehead atoms. The standard InChI is InChI=1S/C17H27N3O3S/c1-5-19-10-12-20(13-11-19)24(22,23)15-8-6-14(7-9-15)16(21)18-17(2,3)4/h6-9H,5,10-13H2,1-4H3,(H,18,21). The summed E-state index contributed by atoms with van der Waals surface area (Å²) in [6.45, 7) is 11.2. The molecule has 0 spiro atoms. The predicted molar refractivity (Wildman–Crippen MR) is 94.5 cm³/mol. The number of rotatable bonds is 4. The molecule has 1 aliphatic heterocycles. The molecular weight excluding hydrogens is 326 g/mol. The molecule has 0 atom stereocenters. The molecule has 0 saturated carbocycles. The maximum absolute atomic E-state index is 12.7. The summed E-state index contributed by atoms with van der Waals surface area (Å²) in [6.07, 6.45) is 0. The lowest BCUT2D eigenvalue weighted by Gasteiger charge is -2.33. The van der Waals surface area contributed by atoms with Crippen molar-refractivity contribution < 1.29 is 13.2 Å². The van der Waals surface area contributed by atoms with Gasteiger partial charge in [0.05, 0.1) is 4.90 Å². The first-order chi connectivity index (χ1) is 11.1. The van der Waals surface area contributed by atoms with Crippen molar-refractivity contribution in [1.82, 2.24) is 14.5 Å². The Morgan fingerprint density at radius 1 is 1.08 bits per heavy atom. The number of piperazine rings is 1. The summed E-state index contributed by atoms with van der Waals surface area (Å²) in [7, 11) is -3.50. The van der Waals surface area contributed by atoms with Crippen LogP contribution in [0.1, 0.15) is 38.1 Å². The highest BCUT2D eigenvalue weighted by molar-refractivity contribution is 7.89.